The van der Waals surface area contributed by atoms with Crippen molar-refractivity contribution >= 4 is 40.7 Å². The first-order valence-corrected chi connectivity index (χ1v) is 14.4. The molecule has 204 valence electrons. The number of carbonyl (C=O) groups excluding carboxylic acids is 2. The van der Waals surface area contributed by atoms with E-state index >= 15 is 0 Å². The van der Waals surface area contributed by atoms with Crippen molar-refractivity contribution in [1.29, 1.82) is 5.41 Å². The van der Waals surface area contributed by atoms with Crippen molar-refractivity contribution in [2.45, 2.75) is 58.5 Å². The number of pyridine rings is 1. The number of amides is 2. The fourth-order valence-electron chi connectivity index (χ4n) is 5.11. The van der Waals surface area contributed by atoms with Crippen LogP contribution in [0.15, 0.2) is 30.1 Å². The maximum Gasteiger partial charge on any atom is 0.270 e. The van der Waals surface area contributed by atoms with Crippen LogP contribution < -0.4 is 16.4 Å². The number of anilines is 1. The summed E-state index contributed by atoms with van der Waals surface area (Å²) in [6, 6.07) is 3.84. The summed E-state index contributed by atoms with van der Waals surface area (Å²) in [4.78, 5) is 30.9. The quantitative estimate of drug-likeness (QED) is 0.171. The summed E-state index contributed by atoms with van der Waals surface area (Å²) in [5, 5.41) is 17.9. The predicted molar refractivity (Wildman–Crippen MR) is 148 cm³/mol. The summed E-state index contributed by atoms with van der Waals surface area (Å²) in [5.41, 5.74) is 7.08. The molecule has 2 heterocycles. The highest BCUT2D eigenvalue weighted by atomic mass is 32.2. The summed E-state index contributed by atoms with van der Waals surface area (Å²) < 4.78 is 16.6. The van der Waals surface area contributed by atoms with E-state index in [-0.39, 0.29) is 34.5 Å². The lowest BCUT2D eigenvalue weighted by Gasteiger charge is -2.27. The first-order valence-electron chi connectivity index (χ1n) is 13.0. The Labute approximate surface area is 226 Å². The van der Waals surface area contributed by atoms with Gasteiger partial charge in [0, 0.05) is 35.3 Å². The van der Waals surface area contributed by atoms with Gasteiger partial charge in [-0.15, -0.1) is 0 Å². The molecule has 2 amide bonds. The molecular weight excluding hydrogens is 505 g/mol. The highest BCUT2D eigenvalue weighted by molar-refractivity contribution is 7.98. The van der Waals surface area contributed by atoms with Crippen LogP contribution in [0.2, 0.25) is 0 Å². The first-order chi connectivity index (χ1) is 18.2. The number of allylic oxidation sites excluding steroid dienone is 2. The zero-order valence-electron chi connectivity index (χ0n) is 22.1. The van der Waals surface area contributed by atoms with Crippen LogP contribution in [0.4, 0.5) is 10.2 Å². The number of aromatic nitrogens is 3. The standard InChI is InChI=1S/C27H36FN7O2S/c1-15(29)22(16(2)30)19-9-10-21(32-25(19)28)33-27(37)24(23(17-5-6-17)18-7-8-18)34-26(36)20-11-12-31-35(20)13-4-14-38-3/h9-12,17-18,23-24,29H,4-8,13-14,30H2,1-3H3,(H,34,36)(H,32,33,37)/b22-16+,29-15?/t24-/m0/s1. The molecule has 38 heavy (non-hydrogen) atoms. The van der Waals surface area contributed by atoms with E-state index in [1.807, 2.05) is 6.26 Å². The Kier molecular flexibility index (Phi) is 8.86. The molecule has 0 aromatic carbocycles. The van der Waals surface area contributed by atoms with E-state index in [0.717, 1.165) is 37.9 Å². The largest absolute Gasteiger partial charge is 0.402 e. The SMILES string of the molecule is CSCCCn1nccc1C(=O)N[C@H](C(=O)Nc1ccc(/C(C(C)=N)=C(\C)N)c(F)n1)C(C1CC1)C1CC1. The molecule has 5 N–H and O–H groups in total. The second-order valence-electron chi connectivity index (χ2n) is 10.2. The van der Waals surface area contributed by atoms with Crippen LogP contribution in [0, 0.1) is 29.1 Å². The topological polar surface area (TPSA) is 139 Å². The molecular formula is C27H36FN7O2S. The Morgan fingerprint density at radius 3 is 2.45 bits per heavy atom. The van der Waals surface area contributed by atoms with E-state index in [1.165, 1.54) is 19.1 Å². The third kappa shape index (κ3) is 6.61. The predicted octanol–water partition coefficient (Wildman–Crippen LogP) is 4.07. The van der Waals surface area contributed by atoms with Gasteiger partial charge < -0.3 is 21.8 Å². The lowest BCUT2D eigenvalue weighted by molar-refractivity contribution is -0.119. The Bertz CT molecular complexity index is 1220. The minimum Gasteiger partial charge on any atom is -0.402 e. The molecule has 2 aromatic rings. The zero-order chi connectivity index (χ0) is 27.4. The Morgan fingerprint density at radius 2 is 1.89 bits per heavy atom. The molecule has 0 bridgehead atoms. The van der Waals surface area contributed by atoms with Crippen molar-refractivity contribution in [3.8, 4) is 0 Å². The van der Waals surface area contributed by atoms with Gasteiger partial charge in [-0.2, -0.15) is 21.3 Å². The van der Waals surface area contributed by atoms with Gasteiger partial charge in [0.2, 0.25) is 11.9 Å². The molecule has 9 nitrogen and oxygen atoms in total. The van der Waals surface area contributed by atoms with E-state index < -0.39 is 17.9 Å². The van der Waals surface area contributed by atoms with Gasteiger partial charge in [0.25, 0.3) is 5.91 Å². The fourth-order valence-corrected chi connectivity index (χ4v) is 5.53. The molecule has 0 unspecified atom stereocenters. The highest BCUT2D eigenvalue weighted by Gasteiger charge is 2.48. The number of thioether (sulfide) groups is 1. The molecule has 0 saturated heterocycles. The Hall–Kier alpha value is -3.21. The van der Waals surface area contributed by atoms with Crippen LogP contribution in [0.25, 0.3) is 5.57 Å². The van der Waals surface area contributed by atoms with Crippen LogP contribution in [0.3, 0.4) is 0 Å². The van der Waals surface area contributed by atoms with Crippen molar-refractivity contribution in [2.75, 3.05) is 17.3 Å². The lowest BCUT2D eigenvalue weighted by Crippen LogP contribution is -2.50. The van der Waals surface area contributed by atoms with Gasteiger partial charge >= 0.3 is 0 Å². The molecule has 4 rings (SSSR count). The summed E-state index contributed by atoms with van der Waals surface area (Å²) in [6.07, 6.45) is 8.64. The summed E-state index contributed by atoms with van der Waals surface area (Å²) >= 11 is 1.74. The molecule has 11 heteroatoms. The minimum absolute atomic E-state index is 0.0194. The monoisotopic (exact) mass is 541 g/mol. The first kappa shape index (κ1) is 27.8. The number of rotatable bonds is 13. The Balaban J connectivity index is 1.55. The number of nitrogens with one attached hydrogen (secondary N) is 3. The van der Waals surface area contributed by atoms with Gasteiger partial charge in [-0.3, -0.25) is 14.3 Å². The van der Waals surface area contributed by atoms with Gasteiger partial charge in [-0.05, 0) is 93.9 Å². The number of nitrogens with two attached hydrogens (primary N) is 1. The molecule has 2 fully saturated rings. The molecule has 1 atom stereocenters. The summed E-state index contributed by atoms with van der Waals surface area (Å²) in [6.45, 7) is 3.74. The van der Waals surface area contributed by atoms with Gasteiger partial charge in [-0.25, -0.2) is 4.98 Å². The van der Waals surface area contributed by atoms with Crippen LogP contribution >= 0.6 is 11.8 Å². The average molecular weight is 542 g/mol. The van der Waals surface area contributed by atoms with Crippen molar-refractivity contribution in [1.82, 2.24) is 20.1 Å². The van der Waals surface area contributed by atoms with Crippen molar-refractivity contribution in [3.05, 3.63) is 47.3 Å². The van der Waals surface area contributed by atoms with Crippen molar-refractivity contribution in [2.24, 2.45) is 23.5 Å². The normalized spacial score (nSPS) is 16.7. The van der Waals surface area contributed by atoms with E-state index in [9.17, 15) is 14.0 Å². The molecule has 0 aliphatic heterocycles. The highest BCUT2D eigenvalue weighted by Crippen LogP contribution is 2.51. The molecule has 2 aliphatic rings. The number of nitrogens with zero attached hydrogens (tertiary/aromatic N) is 3. The number of halogens is 1. The lowest BCUT2D eigenvalue weighted by atomic mass is 9.88. The molecule has 2 aliphatic carbocycles. The van der Waals surface area contributed by atoms with Gasteiger partial charge in [-0.1, -0.05) is 0 Å². The van der Waals surface area contributed by atoms with Crippen LogP contribution in [-0.4, -0.2) is 50.3 Å². The van der Waals surface area contributed by atoms with E-state index in [4.69, 9.17) is 11.1 Å². The fraction of sp³-hybridized carbons (Fsp3) is 0.519. The van der Waals surface area contributed by atoms with Crippen LogP contribution in [0.5, 0.6) is 0 Å². The average Bonchev–Trinajstić information content (AvgIpc) is 3.80. The Morgan fingerprint density at radius 1 is 1.21 bits per heavy atom. The zero-order valence-corrected chi connectivity index (χ0v) is 22.9. The number of hydrogen-bond acceptors (Lipinski definition) is 7. The van der Waals surface area contributed by atoms with Gasteiger partial charge in [0.15, 0.2) is 0 Å². The molecule has 0 spiro atoms. The van der Waals surface area contributed by atoms with Crippen molar-refractivity contribution < 1.29 is 14.0 Å². The third-order valence-electron chi connectivity index (χ3n) is 7.09. The number of aryl methyl sites for hydroxylation is 1. The number of hydrogen-bond donors (Lipinski definition) is 4. The summed E-state index contributed by atoms with van der Waals surface area (Å²) in [7, 11) is 0. The van der Waals surface area contributed by atoms with E-state index in [1.54, 1.807) is 35.6 Å². The minimum atomic E-state index is -0.829. The van der Waals surface area contributed by atoms with Gasteiger partial charge in [0.1, 0.15) is 17.6 Å². The van der Waals surface area contributed by atoms with E-state index in [0.29, 0.717) is 29.8 Å². The van der Waals surface area contributed by atoms with Crippen molar-refractivity contribution in [3.63, 3.8) is 0 Å². The smallest absolute Gasteiger partial charge is 0.270 e. The third-order valence-corrected chi connectivity index (χ3v) is 7.79. The van der Waals surface area contributed by atoms with Gasteiger partial charge in [0.05, 0.1) is 0 Å². The maximum absolute atomic E-state index is 14.9. The van der Waals surface area contributed by atoms with E-state index in [2.05, 4.69) is 20.7 Å². The second kappa shape index (κ2) is 12.1. The molecule has 2 saturated carbocycles. The van der Waals surface area contributed by atoms with Crippen LogP contribution in [-0.2, 0) is 11.3 Å². The number of carbonyl (C=O) groups is 2. The maximum atomic E-state index is 14.9. The summed E-state index contributed by atoms with van der Waals surface area (Å²) in [5.74, 6) is 0.198. The van der Waals surface area contributed by atoms with Crippen LogP contribution in [0.1, 0.15) is 62.0 Å². The molecule has 0 radical (unpaired) electrons. The second-order valence-corrected chi connectivity index (χ2v) is 11.2. The molecule has 2 aromatic heterocycles.